The predicted molar refractivity (Wildman–Crippen MR) is 79.0 cm³/mol. The second-order valence-electron chi connectivity index (χ2n) is 4.17. The summed E-state index contributed by atoms with van der Waals surface area (Å²) in [5.74, 6) is 0. The smallest absolute Gasteiger partial charge is 0.270 e. The molecule has 5 heteroatoms. The Morgan fingerprint density at radius 3 is 2.89 bits per heavy atom. The fourth-order valence-corrected chi connectivity index (χ4v) is 3.26. The summed E-state index contributed by atoms with van der Waals surface area (Å²) in [6, 6.07) is 9.78. The zero-order valence-electron chi connectivity index (χ0n) is 10.0. The first-order chi connectivity index (χ1) is 9.24. The molecule has 96 valence electrons. The first kappa shape index (κ1) is 12.4. The summed E-state index contributed by atoms with van der Waals surface area (Å²) in [5.41, 5.74) is 1.01. The molecule has 0 spiro atoms. The van der Waals surface area contributed by atoms with Crippen molar-refractivity contribution in [2.45, 2.75) is 6.54 Å². The highest BCUT2D eigenvalue weighted by Crippen LogP contribution is 2.10. The van der Waals surface area contributed by atoms with Gasteiger partial charge in [-0.3, -0.25) is 14.4 Å². The molecule has 2 heterocycles. The Hall–Kier alpha value is -1.65. The van der Waals surface area contributed by atoms with Crippen molar-refractivity contribution in [2.24, 2.45) is 4.99 Å². The zero-order valence-corrected chi connectivity index (χ0v) is 11.6. The molecule has 3 rings (SSSR count). The maximum Gasteiger partial charge on any atom is 0.270 e. The summed E-state index contributed by atoms with van der Waals surface area (Å²) < 4.78 is 2.33. The molecule has 0 saturated heterocycles. The lowest BCUT2D eigenvalue weighted by atomic mass is 10.2. The molecule has 0 bridgehead atoms. The fourth-order valence-electron chi connectivity index (χ4n) is 1.94. The summed E-state index contributed by atoms with van der Waals surface area (Å²) in [7, 11) is 0. The Kier molecular flexibility index (Phi) is 3.36. The highest BCUT2D eigenvalue weighted by molar-refractivity contribution is 7.07. The van der Waals surface area contributed by atoms with Gasteiger partial charge in [-0.25, -0.2) is 0 Å². The Bertz CT molecular complexity index is 802. The van der Waals surface area contributed by atoms with Gasteiger partial charge in [-0.15, -0.1) is 0 Å². The fraction of sp³-hybridized carbons (Fsp3) is 0.143. The van der Waals surface area contributed by atoms with Gasteiger partial charge in [0.25, 0.3) is 5.56 Å². The zero-order chi connectivity index (χ0) is 13.2. The minimum atomic E-state index is 0.000798. The number of halogens is 1. The monoisotopic (exact) mass is 290 g/mol. The van der Waals surface area contributed by atoms with E-state index >= 15 is 0 Å². The summed E-state index contributed by atoms with van der Waals surface area (Å²) in [6.07, 6.45) is 3.55. The molecular weight excluding hydrogens is 280 g/mol. The van der Waals surface area contributed by atoms with Crippen molar-refractivity contribution in [3.8, 4) is 0 Å². The van der Waals surface area contributed by atoms with Gasteiger partial charge in [-0.2, -0.15) is 0 Å². The lowest BCUT2D eigenvalue weighted by Gasteiger charge is -1.92. The minimum absolute atomic E-state index is 0.000798. The van der Waals surface area contributed by atoms with Crippen LogP contribution in [-0.2, 0) is 6.54 Å². The SMILES string of the molecule is O=c1/c(=C/C(Cl)=C/c2ccccc2)sc2n1CCN=2. The summed E-state index contributed by atoms with van der Waals surface area (Å²) in [6.45, 7) is 1.38. The Morgan fingerprint density at radius 1 is 1.37 bits per heavy atom. The summed E-state index contributed by atoms with van der Waals surface area (Å²) in [5, 5.41) is 0.545. The van der Waals surface area contributed by atoms with Crippen molar-refractivity contribution in [1.29, 1.82) is 0 Å². The molecule has 1 aliphatic heterocycles. The molecule has 0 amide bonds. The molecule has 0 radical (unpaired) electrons. The van der Waals surface area contributed by atoms with Crippen LogP contribution in [0.3, 0.4) is 0 Å². The van der Waals surface area contributed by atoms with E-state index in [0.29, 0.717) is 22.7 Å². The number of benzene rings is 1. The van der Waals surface area contributed by atoms with E-state index in [-0.39, 0.29) is 5.56 Å². The van der Waals surface area contributed by atoms with Crippen molar-refractivity contribution in [2.75, 3.05) is 6.54 Å². The van der Waals surface area contributed by atoms with Crippen LogP contribution in [0.5, 0.6) is 0 Å². The van der Waals surface area contributed by atoms with E-state index in [1.807, 2.05) is 36.4 Å². The van der Waals surface area contributed by atoms with Gasteiger partial charge in [0.05, 0.1) is 11.1 Å². The van der Waals surface area contributed by atoms with E-state index in [4.69, 9.17) is 11.6 Å². The van der Waals surface area contributed by atoms with Gasteiger partial charge >= 0.3 is 0 Å². The first-order valence-corrected chi connectivity index (χ1v) is 7.11. The van der Waals surface area contributed by atoms with Gasteiger partial charge in [-0.05, 0) is 17.7 Å². The molecule has 0 N–H and O–H groups in total. The molecule has 0 saturated carbocycles. The van der Waals surface area contributed by atoms with Crippen LogP contribution in [0.4, 0.5) is 0 Å². The van der Waals surface area contributed by atoms with E-state index in [0.717, 1.165) is 10.4 Å². The lowest BCUT2D eigenvalue weighted by molar-refractivity contribution is 0.740. The molecule has 2 aromatic rings. The van der Waals surface area contributed by atoms with Crippen LogP contribution in [-0.4, -0.2) is 11.1 Å². The quantitative estimate of drug-likeness (QED) is 0.827. The largest absolute Gasteiger partial charge is 0.282 e. The van der Waals surface area contributed by atoms with Crippen LogP contribution >= 0.6 is 22.9 Å². The van der Waals surface area contributed by atoms with Crippen LogP contribution in [0.1, 0.15) is 5.56 Å². The second-order valence-corrected chi connectivity index (χ2v) is 5.62. The van der Waals surface area contributed by atoms with E-state index in [1.165, 1.54) is 11.3 Å². The second kappa shape index (κ2) is 5.15. The van der Waals surface area contributed by atoms with Crippen molar-refractivity contribution in [3.63, 3.8) is 0 Å². The molecule has 3 nitrogen and oxygen atoms in total. The highest BCUT2D eigenvalue weighted by Gasteiger charge is 2.09. The Morgan fingerprint density at radius 2 is 2.16 bits per heavy atom. The van der Waals surface area contributed by atoms with Crippen molar-refractivity contribution in [3.05, 3.63) is 60.6 Å². The number of thiazole rings is 1. The molecule has 0 atom stereocenters. The average Bonchev–Trinajstić information content (AvgIpc) is 2.96. The van der Waals surface area contributed by atoms with Gasteiger partial charge in [-0.1, -0.05) is 53.3 Å². The third kappa shape index (κ3) is 2.55. The standard InChI is InChI=1S/C14H11ClN2OS/c15-11(8-10-4-2-1-3-5-10)9-12-13(18)17-7-6-16-14(17)19-12/h1-5,8-9H,6-7H2/b11-8-,12-9-. The molecule has 1 aliphatic rings. The van der Waals surface area contributed by atoms with Gasteiger partial charge in [0.15, 0.2) is 4.80 Å². The van der Waals surface area contributed by atoms with Crippen LogP contribution in [0.25, 0.3) is 12.2 Å². The molecule has 19 heavy (non-hydrogen) atoms. The summed E-state index contributed by atoms with van der Waals surface area (Å²) >= 11 is 7.57. The normalized spacial score (nSPS) is 15.4. The number of nitrogens with zero attached hydrogens (tertiary/aromatic N) is 2. The molecule has 0 aliphatic carbocycles. The van der Waals surface area contributed by atoms with Gasteiger partial charge in [0.2, 0.25) is 0 Å². The lowest BCUT2D eigenvalue weighted by Crippen LogP contribution is -2.29. The van der Waals surface area contributed by atoms with E-state index in [1.54, 1.807) is 10.6 Å². The maximum absolute atomic E-state index is 12.0. The van der Waals surface area contributed by atoms with Gasteiger partial charge < -0.3 is 0 Å². The third-order valence-corrected chi connectivity index (χ3v) is 4.09. The average molecular weight is 291 g/mol. The van der Waals surface area contributed by atoms with Crippen molar-refractivity contribution < 1.29 is 0 Å². The Balaban J connectivity index is 2.03. The predicted octanol–water partition coefficient (Wildman–Crippen LogP) is 1.60. The Labute approximate surface area is 118 Å². The third-order valence-electron chi connectivity index (χ3n) is 2.83. The molecule has 0 fully saturated rings. The summed E-state index contributed by atoms with van der Waals surface area (Å²) in [4.78, 5) is 17.1. The number of rotatable bonds is 2. The number of hydrogen-bond donors (Lipinski definition) is 0. The molecule has 1 aromatic carbocycles. The van der Waals surface area contributed by atoms with E-state index < -0.39 is 0 Å². The van der Waals surface area contributed by atoms with Crippen molar-refractivity contribution in [1.82, 2.24) is 4.57 Å². The number of allylic oxidation sites excluding steroid dienone is 1. The molecule has 1 aromatic heterocycles. The van der Waals surface area contributed by atoms with E-state index in [2.05, 4.69) is 4.99 Å². The highest BCUT2D eigenvalue weighted by atomic mass is 35.5. The van der Waals surface area contributed by atoms with Crippen LogP contribution in [0, 0.1) is 0 Å². The van der Waals surface area contributed by atoms with E-state index in [9.17, 15) is 4.79 Å². The van der Waals surface area contributed by atoms with Crippen LogP contribution in [0.2, 0.25) is 0 Å². The topological polar surface area (TPSA) is 34.4 Å². The number of aromatic nitrogens is 1. The van der Waals surface area contributed by atoms with Crippen LogP contribution in [0.15, 0.2) is 45.2 Å². The molecule has 0 unspecified atom stereocenters. The number of fused-ring (bicyclic) bond motifs is 1. The maximum atomic E-state index is 12.0. The van der Waals surface area contributed by atoms with Gasteiger partial charge in [0, 0.05) is 11.6 Å². The van der Waals surface area contributed by atoms with Crippen molar-refractivity contribution >= 4 is 35.1 Å². The molecular formula is C14H11ClN2OS. The first-order valence-electron chi connectivity index (χ1n) is 5.92. The van der Waals surface area contributed by atoms with Crippen LogP contribution < -0.4 is 14.9 Å². The minimum Gasteiger partial charge on any atom is -0.282 e. The van der Waals surface area contributed by atoms with Gasteiger partial charge in [0.1, 0.15) is 0 Å². The number of hydrogen-bond acceptors (Lipinski definition) is 3.